The van der Waals surface area contributed by atoms with E-state index in [4.69, 9.17) is 10.5 Å². The number of carbonyl (C=O) groups is 1. The molecular weight excluding hydrogens is 214 g/mol. The SMILES string of the molecule is C=C(C)C(=O)OC(N)(CC(C)(C)C)C(C)(C)C. The summed E-state index contributed by atoms with van der Waals surface area (Å²) in [5, 5.41) is 0. The highest BCUT2D eigenvalue weighted by Crippen LogP contribution is 2.39. The highest BCUT2D eigenvalue weighted by Gasteiger charge is 2.44. The lowest BCUT2D eigenvalue weighted by Gasteiger charge is -2.44. The maximum Gasteiger partial charge on any atom is 0.334 e. The first-order chi connectivity index (χ1) is 7.28. The third-order valence-electron chi connectivity index (χ3n) is 2.69. The first-order valence-corrected chi connectivity index (χ1v) is 5.96. The predicted octanol–water partition coefficient (Wildman–Crippen LogP) is 3.24. The summed E-state index contributed by atoms with van der Waals surface area (Å²) in [5.74, 6) is -0.424. The van der Waals surface area contributed by atoms with Crippen molar-refractivity contribution in [2.45, 2.75) is 60.6 Å². The van der Waals surface area contributed by atoms with Gasteiger partial charge in [0.25, 0.3) is 0 Å². The van der Waals surface area contributed by atoms with Crippen molar-refractivity contribution in [1.82, 2.24) is 0 Å². The van der Waals surface area contributed by atoms with Crippen molar-refractivity contribution in [1.29, 1.82) is 0 Å². The van der Waals surface area contributed by atoms with Crippen LogP contribution in [0.3, 0.4) is 0 Å². The minimum atomic E-state index is -0.985. The molecule has 0 radical (unpaired) electrons. The van der Waals surface area contributed by atoms with Gasteiger partial charge in [-0.3, -0.25) is 5.73 Å². The highest BCUT2D eigenvalue weighted by molar-refractivity contribution is 5.87. The second-order valence-electron chi connectivity index (χ2n) is 7.05. The summed E-state index contributed by atoms with van der Waals surface area (Å²) in [6.45, 7) is 17.4. The molecule has 0 saturated carbocycles. The normalized spacial score (nSPS) is 16.2. The van der Waals surface area contributed by atoms with Crippen LogP contribution in [-0.4, -0.2) is 11.7 Å². The number of hydrogen-bond acceptors (Lipinski definition) is 3. The van der Waals surface area contributed by atoms with Gasteiger partial charge in [0.2, 0.25) is 0 Å². The Labute approximate surface area is 105 Å². The smallest absolute Gasteiger partial charge is 0.334 e. The Kier molecular flexibility index (Phi) is 4.57. The summed E-state index contributed by atoms with van der Waals surface area (Å²) >= 11 is 0. The molecule has 0 aliphatic heterocycles. The van der Waals surface area contributed by atoms with Crippen LogP contribution in [0.4, 0.5) is 0 Å². The summed E-state index contributed by atoms with van der Waals surface area (Å²) in [7, 11) is 0. The van der Waals surface area contributed by atoms with Gasteiger partial charge >= 0.3 is 5.97 Å². The molecule has 1 atom stereocenters. The Morgan fingerprint density at radius 1 is 1.18 bits per heavy atom. The first kappa shape index (κ1) is 16.2. The van der Waals surface area contributed by atoms with Gasteiger partial charge in [-0.05, 0) is 12.3 Å². The number of hydrogen-bond donors (Lipinski definition) is 1. The molecule has 0 aromatic rings. The van der Waals surface area contributed by atoms with E-state index in [1.54, 1.807) is 6.92 Å². The van der Waals surface area contributed by atoms with E-state index in [0.717, 1.165) is 0 Å². The van der Waals surface area contributed by atoms with E-state index in [2.05, 4.69) is 27.4 Å². The summed E-state index contributed by atoms with van der Waals surface area (Å²) in [5.41, 5.74) is 5.36. The Hall–Kier alpha value is -0.830. The molecule has 0 rings (SSSR count). The average Bonchev–Trinajstić information content (AvgIpc) is 1.97. The standard InChI is InChI=1S/C14H27NO2/c1-10(2)11(16)17-14(15,13(6,7)8)9-12(3,4)5/h1,9,15H2,2-8H3. The van der Waals surface area contributed by atoms with Gasteiger partial charge in [-0.15, -0.1) is 0 Å². The van der Waals surface area contributed by atoms with Crippen LogP contribution in [-0.2, 0) is 9.53 Å². The van der Waals surface area contributed by atoms with Crippen LogP contribution < -0.4 is 5.73 Å². The fourth-order valence-electron chi connectivity index (χ4n) is 1.49. The molecule has 0 bridgehead atoms. The molecule has 3 nitrogen and oxygen atoms in total. The Morgan fingerprint density at radius 3 is 1.82 bits per heavy atom. The molecule has 3 heteroatoms. The Balaban J connectivity index is 5.14. The van der Waals surface area contributed by atoms with Gasteiger partial charge in [-0.2, -0.15) is 0 Å². The van der Waals surface area contributed by atoms with Crippen LogP contribution in [0.2, 0.25) is 0 Å². The van der Waals surface area contributed by atoms with Crippen molar-refractivity contribution in [3.8, 4) is 0 Å². The van der Waals surface area contributed by atoms with E-state index in [-0.39, 0.29) is 10.8 Å². The second kappa shape index (κ2) is 4.81. The molecule has 0 aromatic heterocycles. The van der Waals surface area contributed by atoms with Gasteiger partial charge in [0.15, 0.2) is 5.72 Å². The molecule has 0 amide bonds. The number of ether oxygens (including phenoxy) is 1. The van der Waals surface area contributed by atoms with E-state index in [9.17, 15) is 4.79 Å². The van der Waals surface area contributed by atoms with E-state index in [1.165, 1.54) is 0 Å². The molecule has 0 aliphatic rings. The molecule has 100 valence electrons. The van der Waals surface area contributed by atoms with Crippen molar-refractivity contribution < 1.29 is 9.53 Å². The number of nitrogens with two attached hydrogens (primary N) is 1. The Morgan fingerprint density at radius 2 is 1.59 bits per heavy atom. The molecule has 0 spiro atoms. The minimum Gasteiger partial charge on any atom is -0.440 e. The number of carbonyl (C=O) groups excluding carboxylic acids is 1. The average molecular weight is 241 g/mol. The van der Waals surface area contributed by atoms with Crippen LogP contribution in [0.1, 0.15) is 54.9 Å². The summed E-state index contributed by atoms with van der Waals surface area (Å²) in [6, 6.07) is 0. The predicted molar refractivity (Wildman–Crippen MR) is 71.4 cm³/mol. The van der Waals surface area contributed by atoms with E-state index < -0.39 is 11.7 Å². The lowest BCUT2D eigenvalue weighted by Crippen LogP contribution is -2.56. The van der Waals surface area contributed by atoms with Crippen molar-refractivity contribution in [2.75, 3.05) is 0 Å². The lowest BCUT2D eigenvalue weighted by molar-refractivity contribution is -0.173. The molecule has 1 unspecified atom stereocenters. The topological polar surface area (TPSA) is 52.3 Å². The van der Waals surface area contributed by atoms with Crippen molar-refractivity contribution >= 4 is 5.97 Å². The van der Waals surface area contributed by atoms with Gasteiger partial charge in [-0.25, -0.2) is 4.79 Å². The molecule has 0 heterocycles. The van der Waals surface area contributed by atoms with Gasteiger partial charge in [0.1, 0.15) is 0 Å². The summed E-state index contributed by atoms with van der Waals surface area (Å²) in [6.07, 6.45) is 0.600. The first-order valence-electron chi connectivity index (χ1n) is 5.96. The summed E-state index contributed by atoms with van der Waals surface area (Å²) < 4.78 is 5.48. The zero-order valence-electron chi connectivity index (χ0n) is 12.3. The zero-order valence-corrected chi connectivity index (χ0v) is 12.3. The number of rotatable bonds is 3. The van der Waals surface area contributed by atoms with Crippen molar-refractivity contribution in [3.63, 3.8) is 0 Å². The van der Waals surface area contributed by atoms with Crippen LogP contribution in [0.15, 0.2) is 12.2 Å². The van der Waals surface area contributed by atoms with Crippen molar-refractivity contribution in [2.24, 2.45) is 16.6 Å². The van der Waals surface area contributed by atoms with E-state index >= 15 is 0 Å². The molecule has 17 heavy (non-hydrogen) atoms. The molecule has 0 aliphatic carbocycles. The maximum absolute atomic E-state index is 11.7. The molecule has 0 aromatic carbocycles. The lowest BCUT2D eigenvalue weighted by atomic mass is 9.74. The van der Waals surface area contributed by atoms with Gasteiger partial charge in [0, 0.05) is 17.4 Å². The van der Waals surface area contributed by atoms with E-state index in [1.807, 2.05) is 20.8 Å². The van der Waals surface area contributed by atoms with Crippen LogP contribution >= 0.6 is 0 Å². The minimum absolute atomic E-state index is 0.0165. The zero-order chi connectivity index (χ0) is 14.1. The highest BCUT2D eigenvalue weighted by atomic mass is 16.6. The van der Waals surface area contributed by atoms with Gasteiger partial charge < -0.3 is 4.74 Å². The Bertz CT molecular complexity index is 307. The van der Waals surface area contributed by atoms with Crippen LogP contribution in [0.5, 0.6) is 0 Å². The van der Waals surface area contributed by atoms with Crippen LogP contribution in [0, 0.1) is 10.8 Å². The summed E-state index contributed by atoms with van der Waals surface area (Å²) in [4.78, 5) is 11.7. The fourth-order valence-corrected chi connectivity index (χ4v) is 1.49. The fraction of sp³-hybridized carbons (Fsp3) is 0.786. The van der Waals surface area contributed by atoms with Gasteiger partial charge in [0.05, 0.1) is 0 Å². The van der Waals surface area contributed by atoms with Crippen LogP contribution in [0.25, 0.3) is 0 Å². The largest absolute Gasteiger partial charge is 0.440 e. The maximum atomic E-state index is 11.7. The number of esters is 1. The van der Waals surface area contributed by atoms with Gasteiger partial charge in [-0.1, -0.05) is 48.1 Å². The second-order valence-corrected chi connectivity index (χ2v) is 7.05. The molecule has 0 saturated heterocycles. The van der Waals surface area contributed by atoms with E-state index in [0.29, 0.717) is 12.0 Å². The molecular formula is C14H27NO2. The quantitative estimate of drug-likeness (QED) is 0.469. The third-order valence-corrected chi connectivity index (χ3v) is 2.69. The third kappa shape index (κ3) is 4.90. The molecule has 2 N–H and O–H groups in total. The van der Waals surface area contributed by atoms with Crippen molar-refractivity contribution in [3.05, 3.63) is 12.2 Å². The monoisotopic (exact) mass is 241 g/mol. The molecule has 0 fully saturated rings.